The second-order valence-electron chi connectivity index (χ2n) is 4.23. The Kier molecular flexibility index (Phi) is 3.75. The molecule has 82 valence electrons. The third-order valence-electron chi connectivity index (χ3n) is 2.84. The van der Waals surface area contributed by atoms with E-state index in [9.17, 15) is 0 Å². The van der Waals surface area contributed by atoms with Gasteiger partial charge in [-0.05, 0) is 18.9 Å². The summed E-state index contributed by atoms with van der Waals surface area (Å²) in [5, 5.41) is 0. The Bertz CT molecular complexity index is 286. The van der Waals surface area contributed by atoms with Crippen molar-refractivity contribution in [2.24, 2.45) is 0 Å². The van der Waals surface area contributed by atoms with E-state index in [4.69, 9.17) is 4.74 Å². The Labute approximate surface area is 91.9 Å². The second kappa shape index (κ2) is 5.29. The molecule has 0 unspecified atom stereocenters. The lowest BCUT2D eigenvalue weighted by molar-refractivity contribution is 0.140. The summed E-state index contributed by atoms with van der Waals surface area (Å²) in [4.78, 5) is 2.47. The molecule has 0 spiro atoms. The van der Waals surface area contributed by atoms with Crippen molar-refractivity contribution in [1.82, 2.24) is 4.90 Å². The molecule has 1 aliphatic rings. The monoisotopic (exact) mass is 205 g/mol. The van der Waals surface area contributed by atoms with Crippen LogP contribution >= 0.6 is 0 Å². The molecule has 0 saturated carbocycles. The molecule has 1 aliphatic heterocycles. The molecule has 2 nitrogen and oxygen atoms in total. The number of rotatable bonds is 2. The summed E-state index contributed by atoms with van der Waals surface area (Å²) >= 11 is 0. The molecule has 15 heavy (non-hydrogen) atoms. The highest BCUT2D eigenvalue weighted by molar-refractivity contribution is 5.21. The van der Waals surface area contributed by atoms with Gasteiger partial charge in [-0.1, -0.05) is 29.8 Å². The van der Waals surface area contributed by atoms with Gasteiger partial charge in [0.2, 0.25) is 0 Å². The van der Waals surface area contributed by atoms with E-state index in [1.54, 1.807) is 0 Å². The molecule has 0 bridgehead atoms. The minimum absolute atomic E-state index is 0.881. The summed E-state index contributed by atoms with van der Waals surface area (Å²) in [7, 11) is 0. The molecule has 0 amide bonds. The first-order chi connectivity index (χ1) is 7.34. The maximum Gasteiger partial charge on any atom is 0.0593 e. The van der Waals surface area contributed by atoms with Crippen molar-refractivity contribution in [2.75, 3.05) is 26.3 Å². The molecule has 0 aliphatic carbocycles. The molecule has 1 aromatic rings. The molecule has 0 atom stereocenters. The zero-order chi connectivity index (χ0) is 10.5. The van der Waals surface area contributed by atoms with Crippen LogP contribution in [0.3, 0.4) is 0 Å². The maximum atomic E-state index is 5.44. The first-order valence-corrected chi connectivity index (χ1v) is 5.70. The van der Waals surface area contributed by atoms with E-state index in [1.165, 1.54) is 11.1 Å². The smallest absolute Gasteiger partial charge is 0.0593 e. The van der Waals surface area contributed by atoms with Crippen LogP contribution in [-0.2, 0) is 11.3 Å². The van der Waals surface area contributed by atoms with E-state index in [0.717, 1.165) is 39.3 Å². The van der Waals surface area contributed by atoms with E-state index in [0.29, 0.717) is 0 Å². The molecular weight excluding hydrogens is 186 g/mol. The highest BCUT2D eigenvalue weighted by Crippen LogP contribution is 2.08. The predicted octanol–water partition coefficient (Wildman–Crippen LogP) is 2.22. The van der Waals surface area contributed by atoms with Crippen molar-refractivity contribution in [1.29, 1.82) is 0 Å². The SMILES string of the molecule is Cc1ccc(CN2CCCOCC2)cc1. The van der Waals surface area contributed by atoms with Gasteiger partial charge in [0.1, 0.15) is 0 Å². The van der Waals surface area contributed by atoms with Crippen LogP contribution in [0.25, 0.3) is 0 Å². The first kappa shape index (κ1) is 10.7. The first-order valence-electron chi connectivity index (χ1n) is 5.70. The summed E-state index contributed by atoms with van der Waals surface area (Å²) < 4.78 is 5.44. The molecule has 0 aromatic heterocycles. The fraction of sp³-hybridized carbons (Fsp3) is 0.538. The van der Waals surface area contributed by atoms with E-state index >= 15 is 0 Å². The lowest BCUT2D eigenvalue weighted by atomic mass is 10.1. The van der Waals surface area contributed by atoms with Crippen molar-refractivity contribution in [3.8, 4) is 0 Å². The summed E-state index contributed by atoms with van der Waals surface area (Å²) in [6, 6.07) is 8.81. The summed E-state index contributed by atoms with van der Waals surface area (Å²) in [6.45, 7) is 7.21. The Balaban J connectivity index is 1.92. The Morgan fingerprint density at radius 1 is 1.13 bits per heavy atom. The van der Waals surface area contributed by atoms with E-state index in [1.807, 2.05) is 0 Å². The number of nitrogens with zero attached hydrogens (tertiary/aromatic N) is 1. The number of ether oxygens (including phenoxy) is 1. The largest absolute Gasteiger partial charge is 0.380 e. The molecule has 1 heterocycles. The van der Waals surface area contributed by atoms with Gasteiger partial charge in [-0.15, -0.1) is 0 Å². The molecule has 0 N–H and O–H groups in total. The zero-order valence-electron chi connectivity index (χ0n) is 9.41. The van der Waals surface area contributed by atoms with Crippen molar-refractivity contribution in [3.05, 3.63) is 35.4 Å². The van der Waals surface area contributed by atoms with E-state index in [-0.39, 0.29) is 0 Å². The van der Waals surface area contributed by atoms with Crippen LogP contribution in [0, 0.1) is 6.92 Å². The van der Waals surface area contributed by atoms with Gasteiger partial charge in [-0.25, -0.2) is 0 Å². The topological polar surface area (TPSA) is 12.5 Å². The van der Waals surface area contributed by atoms with Crippen LogP contribution in [0.15, 0.2) is 24.3 Å². The van der Waals surface area contributed by atoms with Crippen LogP contribution in [0.1, 0.15) is 17.5 Å². The summed E-state index contributed by atoms with van der Waals surface area (Å²) in [5.74, 6) is 0. The van der Waals surface area contributed by atoms with Gasteiger partial charge >= 0.3 is 0 Å². The predicted molar refractivity (Wildman–Crippen MR) is 61.9 cm³/mol. The number of benzene rings is 1. The van der Waals surface area contributed by atoms with Gasteiger partial charge in [-0.2, -0.15) is 0 Å². The fourth-order valence-electron chi connectivity index (χ4n) is 1.91. The van der Waals surface area contributed by atoms with E-state index in [2.05, 4.69) is 36.1 Å². The lowest BCUT2D eigenvalue weighted by Crippen LogP contribution is -2.25. The van der Waals surface area contributed by atoms with Gasteiger partial charge in [0.15, 0.2) is 0 Å². The average Bonchev–Trinajstić information content (AvgIpc) is 2.50. The Morgan fingerprint density at radius 3 is 2.73 bits per heavy atom. The molecule has 1 saturated heterocycles. The Hall–Kier alpha value is -0.860. The van der Waals surface area contributed by atoms with Crippen LogP contribution < -0.4 is 0 Å². The summed E-state index contributed by atoms with van der Waals surface area (Å²) in [6.07, 6.45) is 1.16. The van der Waals surface area contributed by atoms with Gasteiger partial charge < -0.3 is 4.74 Å². The van der Waals surface area contributed by atoms with Crippen molar-refractivity contribution < 1.29 is 4.74 Å². The standard InChI is InChI=1S/C13H19NO/c1-12-3-5-13(6-4-12)11-14-7-2-9-15-10-8-14/h3-6H,2,7-11H2,1H3. The van der Waals surface area contributed by atoms with Crippen molar-refractivity contribution in [2.45, 2.75) is 19.9 Å². The van der Waals surface area contributed by atoms with Crippen LogP contribution in [0.2, 0.25) is 0 Å². The molecule has 2 heteroatoms. The average molecular weight is 205 g/mol. The third-order valence-corrected chi connectivity index (χ3v) is 2.84. The number of aryl methyl sites for hydroxylation is 1. The molecule has 1 aromatic carbocycles. The minimum Gasteiger partial charge on any atom is -0.380 e. The van der Waals surface area contributed by atoms with Crippen molar-refractivity contribution >= 4 is 0 Å². The van der Waals surface area contributed by atoms with Crippen LogP contribution in [-0.4, -0.2) is 31.2 Å². The van der Waals surface area contributed by atoms with Crippen LogP contribution in [0.5, 0.6) is 0 Å². The summed E-state index contributed by atoms with van der Waals surface area (Å²) in [5.41, 5.74) is 2.74. The molecule has 2 rings (SSSR count). The van der Waals surface area contributed by atoms with Gasteiger partial charge in [0.25, 0.3) is 0 Å². The maximum absolute atomic E-state index is 5.44. The highest BCUT2D eigenvalue weighted by atomic mass is 16.5. The zero-order valence-corrected chi connectivity index (χ0v) is 9.41. The molecule has 0 radical (unpaired) electrons. The lowest BCUT2D eigenvalue weighted by Gasteiger charge is -2.18. The molecular formula is C13H19NO. The van der Waals surface area contributed by atoms with Gasteiger partial charge in [0.05, 0.1) is 6.61 Å². The second-order valence-corrected chi connectivity index (χ2v) is 4.23. The normalized spacial score (nSPS) is 18.7. The molecule has 1 fully saturated rings. The highest BCUT2D eigenvalue weighted by Gasteiger charge is 2.08. The van der Waals surface area contributed by atoms with Crippen LogP contribution in [0.4, 0.5) is 0 Å². The van der Waals surface area contributed by atoms with Gasteiger partial charge in [0, 0.05) is 26.2 Å². The Morgan fingerprint density at radius 2 is 1.93 bits per heavy atom. The van der Waals surface area contributed by atoms with E-state index < -0.39 is 0 Å². The van der Waals surface area contributed by atoms with Crippen molar-refractivity contribution in [3.63, 3.8) is 0 Å². The number of hydrogen-bond acceptors (Lipinski definition) is 2. The van der Waals surface area contributed by atoms with Gasteiger partial charge in [-0.3, -0.25) is 4.90 Å². The number of hydrogen-bond donors (Lipinski definition) is 0. The fourth-order valence-corrected chi connectivity index (χ4v) is 1.91. The third kappa shape index (κ3) is 3.33. The quantitative estimate of drug-likeness (QED) is 0.734. The minimum atomic E-state index is 0.881.